The van der Waals surface area contributed by atoms with Gasteiger partial charge in [-0.25, -0.2) is 13.1 Å². The molecule has 2 aromatic carbocycles. The van der Waals surface area contributed by atoms with Crippen LogP contribution in [0.4, 0.5) is 5.69 Å². The van der Waals surface area contributed by atoms with Gasteiger partial charge in [0.15, 0.2) is 0 Å². The van der Waals surface area contributed by atoms with E-state index in [1.54, 1.807) is 17.0 Å². The monoisotopic (exact) mass is 427 g/mol. The summed E-state index contributed by atoms with van der Waals surface area (Å²) >= 11 is 0. The number of carbonyl (C=O) groups excluding carboxylic acids is 2. The van der Waals surface area contributed by atoms with Crippen molar-refractivity contribution in [3.63, 3.8) is 0 Å². The fraction of sp³-hybridized carbons (Fsp3) is 0.364. The van der Waals surface area contributed by atoms with Crippen molar-refractivity contribution in [3.8, 4) is 0 Å². The first-order chi connectivity index (χ1) is 14.4. The maximum absolute atomic E-state index is 12.6. The highest BCUT2D eigenvalue weighted by Crippen LogP contribution is 2.23. The lowest BCUT2D eigenvalue weighted by molar-refractivity contribution is -0.128. The zero-order chi connectivity index (χ0) is 21.1. The van der Waals surface area contributed by atoms with Crippen LogP contribution >= 0.6 is 0 Å². The highest BCUT2D eigenvalue weighted by Gasteiger charge is 2.23. The molecule has 2 saturated heterocycles. The molecule has 0 unspecified atom stereocenters. The Bertz CT molecular complexity index is 1030. The Morgan fingerprint density at radius 1 is 0.800 bits per heavy atom. The second-order valence-electron chi connectivity index (χ2n) is 7.70. The highest BCUT2D eigenvalue weighted by atomic mass is 32.2. The van der Waals surface area contributed by atoms with Crippen molar-refractivity contribution >= 4 is 27.5 Å². The van der Waals surface area contributed by atoms with Crippen LogP contribution in [0.2, 0.25) is 0 Å². The van der Waals surface area contributed by atoms with E-state index in [4.69, 9.17) is 0 Å². The first kappa shape index (κ1) is 20.6. The normalized spacial score (nSPS) is 17.2. The molecular weight excluding hydrogens is 402 g/mol. The Balaban J connectivity index is 1.35. The van der Waals surface area contributed by atoms with Gasteiger partial charge in [0.2, 0.25) is 21.8 Å². The minimum absolute atomic E-state index is 0.0706. The summed E-state index contributed by atoms with van der Waals surface area (Å²) in [6.45, 7) is 2.24. The number of benzene rings is 2. The van der Waals surface area contributed by atoms with Crippen molar-refractivity contribution < 1.29 is 18.0 Å². The van der Waals surface area contributed by atoms with Crippen LogP contribution in [0.5, 0.6) is 0 Å². The summed E-state index contributed by atoms with van der Waals surface area (Å²) in [7, 11) is -3.65. The Labute approximate surface area is 176 Å². The van der Waals surface area contributed by atoms with Crippen molar-refractivity contribution in [1.29, 1.82) is 0 Å². The summed E-state index contributed by atoms with van der Waals surface area (Å²) in [6, 6.07) is 14.0. The van der Waals surface area contributed by atoms with Gasteiger partial charge >= 0.3 is 0 Å². The number of sulfonamides is 1. The van der Waals surface area contributed by atoms with Crippen LogP contribution in [0.25, 0.3) is 0 Å². The third-order valence-corrected chi connectivity index (χ3v) is 6.98. The third-order valence-electron chi connectivity index (χ3n) is 5.57. The average Bonchev–Trinajstić information content (AvgIpc) is 3.36. The van der Waals surface area contributed by atoms with Gasteiger partial charge in [0.05, 0.1) is 4.90 Å². The van der Waals surface area contributed by atoms with Crippen LogP contribution in [0, 0.1) is 0 Å². The molecule has 0 atom stereocenters. The Hall–Kier alpha value is -2.71. The van der Waals surface area contributed by atoms with Gasteiger partial charge in [0, 0.05) is 44.7 Å². The predicted octanol–water partition coefficient (Wildman–Crippen LogP) is 2.41. The Morgan fingerprint density at radius 3 is 2.03 bits per heavy atom. The molecule has 30 heavy (non-hydrogen) atoms. The molecule has 1 N–H and O–H groups in total. The zero-order valence-corrected chi connectivity index (χ0v) is 17.5. The van der Waals surface area contributed by atoms with Crippen LogP contribution < -0.4 is 9.62 Å². The summed E-state index contributed by atoms with van der Waals surface area (Å²) < 4.78 is 27.8. The van der Waals surface area contributed by atoms with E-state index in [1.807, 2.05) is 29.2 Å². The zero-order valence-electron chi connectivity index (χ0n) is 16.7. The molecule has 4 rings (SSSR count). The first-order valence-electron chi connectivity index (χ1n) is 10.2. The molecule has 2 fully saturated rings. The van der Waals surface area contributed by atoms with Gasteiger partial charge in [-0.15, -0.1) is 0 Å². The molecule has 2 aliphatic heterocycles. The standard InChI is InChI=1S/C22H25N3O4S/c26-21-3-1-13-24(21)16-18-7-5-17(6-8-18)15-23-30(28,29)20-11-9-19(10-12-20)25-14-2-4-22(25)27/h5-12,23H,1-4,13-16H2. The molecule has 0 bridgehead atoms. The van der Waals surface area contributed by atoms with Crippen molar-refractivity contribution in [3.05, 3.63) is 59.7 Å². The number of hydrogen-bond acceptors (Lipinski definition) is 4. The Morgan fingerprint density at radius 2 is 1.43 bits per heavy atom. The molecule has 2 aromatic rings. The van der Waals surface area contributed by atoms with E-state index < -0.39 is 10.0 Å². The molecule has 158 valence electrons. The van der Waals surface area contributed by atoms with E-state index in [9.17, 15) is 18.0 Å². The summed E-state index contributed by atoms with van der Waals surface area (Å²) in [5.74, 6) is 0.258. The van der Waals surface area contributed by atoms with E-state index >= 15 is 0 Å². The van der Waals surface area contributed by atoms with E-state index in [2.05, 4.69) is 4.72 Å². The van der Waals surface area contributed by atoms with Gasteiger partial charge in [-0.1, -0.05) is 24.3 Å². The Kier molecular flexibility index (Phi) is 5.87. The number of hydrogen-bond donors (Lipinski definition) is 1. The SMILES string of the molecule is O=C1CCCN1Cc1ccc(CNS(=O)(=O)c2ccc(N3CCCC3=O)cc2)cc1. The minimum Gasteiger partial charge on any atom is -0.338 e. The van der Waals surface area contributed by atoms with Crippen LogP contribution in [0.15, 0.2) is 53.4 Å². The number of amides is 2. The molecule has 0 spiro atoms. The van der Waals surface area contributed by atoms with Crippen LogP contribution in [-0.2, 0) is 32.7 Å². The number of nitrogens with zero attached hydrogens (tertiary/aromatic N) is 2. The molecule has 0 aliphatic carbocycles. The maximum atomic E-state index is 12.6. The fourth-order valence-electron chi connectivity index (χ4n) is 3.84. The van der Waals surface area contributed by atoms with Gasteiger partial charge < -0.3 is 9.80 Å². The van der Waals surface area contributed by atoms with Gasteiger partial charge in [-0.2, -0.15) is 0 Å². The van der Waals surface area contributed by atoms with E-state index in [0.717, 1.165) is 36.2 Å². The molecule has 2 amide bonds. The molecule has 2 heterocycles. The van der Waals surface area contributed by atoms with Gasteiger partial charge in [0.1, 0.15) is 0 Å². The second-order valence-corrected chi connectivity index (χ2v) is 9.47. The van der Waals surface area contributed by atoms with Crippen LogP contribution in [-0.4, -0.2) is 38.2 Å². The van der Waals surface area contributed by atoms with Crippen molar-refractivity contribution in [1.82, 2.24) is 9.62 Å². The van der Waals surface area contributed by atoms with Crippen LogP contribution in [0.1, 0.15) is 36.8 Å². The average molecular weight is 428 g/mol. The number of nitrogens with one attached hydrogen (secondary N) is 1. The molecule has 0 saturated carbocycles. The lowest BCUT2D eigenvalue weighted by atomic mass is 10.1. The topological polar surface area (TPSA) is 86.8 Å². The lowest BCUT2D eigenvalue weighted by Crippen LogP contribution is -2.25. The van der Waals surface area contributed by atoms with E-state index in [1.165, 1.54) is 12.1 Å². The summed E-state index contributed by atoms with van der Waals surface area (Å²) in [5.41, 5.74) is 2.60. The van der Waals surface area contributed by atoms with Crippen LogP contribution in [0.3, 0.4) is 0 Å². The van der Waals surface area contributed by atoms with Crippen molar-refractivity contribution in [2.45, 2.75) is 43.7 Å². The predicted molar refractivity (Wildman–Crippen MR) is 113 cm³/mol. The number of anilines is 1. The van der Waals surface area contributed by atoms with E-state index in [-0.39, 0.29) is 23.3 Å². The second kappa shape index (κ2) is 8.57. The molecule has 7 nitrogen and oxygen atoms in total. The largest absolute Gasteiger partial charge is 0.338 e. The highest BCUT2D eigenvalue weighted by molar-refractivity contribution is 7.89. The van der Waals surface area contributed by atoms with E-state index in [0.29, 0.717) is 25.9 Å². The first-order valence-corrected chi connectivity index (χ1v) is 11.7. The summed E-state index contributed by atoms with van der Waals surface area (Å²) in [4.78, 5) is 27.3. The van der Waals surface area contributed by atoms with Gasteiger partial charge in [-0.05, 0) is 48.2 Å². The lowest BCUT2D eigenvalue weighted by Gasteiger charge is -2.16. The smallest absolute Gasteiger partial charge is 0.240 e. The number of carbonyl (C=O) groups is 2. The molecule has 8 heteroatoms. The van der Waals surface area contributed by atoms with Crippen molar-refractivity contribution in [2.24, 2.45) is 0 Å². The van der Waals surface area contributed by atoms with Crippen molar-refractivity contribution in [2.75, 3.05) is 18.0 Å². The summed E-state index contributed by atoms with van der Waals surface area (Å²) in [5, 5.41) is 0. The molecular formula is C22H25N3O4S. The summed E-state index contributed by atoms with van der Waals surface area (Å²) in [6.07, 6.45) is 2.89. The quantitative estimate of drug-likeness (QED) is 0.735. The fourth-order valence-corrected chi connectivity index (χ4v) is 4.86. The van der Waals surface area contributed by atoms with Gasteiger partial charge in [-0.3, -0.25) is 9.59 Å². The molecule has 0 radical (unpaired) electrons. The molecule has 0 aromatic heterocycles. The van der Waals surface area contributed by atoms with Gasteiger partial charge in [0.25, 0.3) is 0 Å². The molecule has 2 aliphatic rings. The number of rotatable bonds is 7. The minimum atomic E-state index is -3.65. The maximum Gasteiger partial charge on any atom is 0.240 e. The third kappa shape index (κ3) is 4.55. The number of likely N-dealkylation sites (tertiary alicyclic amines) is 1.